The van der Waals surface area contributed by atoms with Gasteiger partial charge in [-0.3, -0.25) is 4.79 Å². The molecule has 0 radical (unpaired) electrons. The molecule has 2 fully saturated rings. The number of hydrogen-bond acceptors (Lipinski definition) is 2. The highest BCUT2D eigenvalue weighted by molar-refractivity contribution is 7.98. The Morgan fingerprint density at radius 3 is 2.81 bits per heavy atom. The van der Waals surface area contributed by atoms with Crippen molar-refractivity contribution in [3.63, 3.8) is 0 Å². The first kappa shape index (κ1) is 15.2. The first-order valence-electron chi connectivity index (χ1n) is 7.73. The fraction of sp³-hybridized carbons (Fsp3) is 0.588. The lowest BCUT2D eigenvalue weighted by molar-refractivity contribution is 0.0915. The van der Waals surface area contributed by atoms with Gasteiger partial charge in [0, 0.05) is 10.9 Å². The van der Waals surface area contributed by atoms with Crippen molar-refractivity contribution in [3.8, 4) is 0 Å². The van der Waals surface area contributed by atoms with Crippen molar-refractivity contribution in [1.82, 2.24) is 5.32 Å². The minimum atomic E-state index is -0.0360. The van der Waals surface area contributed by atoms with Crippen LogP contribution in [0.5, 0.6) is 0 Å². The number of hydrogen-bond donors (Lipinski definition) is 1. The van der Waals surface area contributed by atoms with Crippen molar-refractivity contribution in [2.24, 2.45) is 17.8 Å². The molecule has 0 spiro atoms. The summed E-state index contributed by atoms with van der Waals surface area (Å²) in [5.74, 6) is 2.34. The van der Waals surface area contributed by atoms with Crippen molar-refractivity contribution in [1.29, 1.82) is 0 Å². The second-order valence-corrected chi connectivity index (χ2v) is 7.73. The fourth-order valence-electron chi connectivity index (χ4n) is 4.10. The average molecular weight is 324 g/mol. The maximum Gasteiger partial charge on any atom is 0.253 e. The highest BCUT2D eigenvalue weighted by Gasteiger charge is 2.42. The van der Waals surface area contributed by atoms with Crippen LogP contribution in [0.2, 0.25) is 5.02 Å². The summed E-state index contributed by atoms with van der Waals surface area (Å²) < 4.78 is 0. The van der Waals surface area contributed by atoms with Gasteiger partial charge in [-0.25, -0.2) is 0 Å². The van der Waals surface area contributed by atoms with E-state index >= 15 is 0 Å². The summed E-state index contributed by atoms with van der Waals surface area (Å²) in [7, 11) is 0. The third kappa shape index (κ3) is 3.09. The van der Waals surface area contributed by atoms with Gasteiger partial charge in [-0.1, -0.05) is 18.0 Å². The van der Waals surface area contributed by atoms with Crippen molar-refractivity contribution in [2.75, 3.05) is 6.26 Å². The molecule has 1 amide bonds. The van der Waals surface area contributed by atoms with E-state index in [4.69, 9.17) is 11.6 Å². The van der Waals surface area contributed by atoms with Gasteiger partial charge in [-0.2, -0.15) is 0 Å². The second kappa shape index (κ2) is 6.21. The summed E-state index contributed by atoms with van der Waals surface area (Å²) in [4.78, 5) is 13.6. The molecule has 0 unspecified atom stereocenters. The molecule has 0 aromatic heterocycles. The van der Waals surface area contributed by atoms with E-state index in [0.717, 1.165) is 16.7 Å². The number of thioether (sulfide) groups is 1. The third-order valence-electron chi connectivity index (χ3n) is 5.21. The van der Waals surface area contributed by atoms with Gasteiger partial charge in [0.1, 0.15) is 0 Å². The zero-order valence-corrected chi connectivity index (χ0v) is 14.1. The van der Waals surface area contributed by atoms with Gasteiger partial charge in [0.25, 0.3) is 5.91 Å². The van der Waals surface area contributed by atoms with Crippen molar-refractivity contribution in [3.05, 3.63) is 28.8 Å². The number of carbonyl (C=O) groups is 1. The predicted octanol–water partition coefficient (Wildman–Crippen LogP) is 4.62. The van der Waals surface area contributed by atoms with Crippen LogP contribution in [0.4, 0.5) is 0 Å². The highest BCUT2D eigenvalue weighted by Crippen LogP contribution is 2.49. The van der Waals surface area contributed by atoms with Gasteiger partial charge in [-0.05, 0) is 68.4 Å². The molecule has 2 bridgehead atoms. The van der Waals surface area contributed by atoms with Crippen molar-refractivity contribution >= 4 is 29.3 Å². The van der Waals surface area contributed by atoms with Gasteiger partial charge in [0.05, 0.1) is 10.6 Å². The number of benzene rings is 1. The molecule has 1 aromatic rings. The minimum Gasteiger partial charge on any atom is -0.349 e. The Labute approximate surface area is 136 Å². The summed E-state index contributed by atoms with van der Waals surface area (Å²) in [6.45, 7) is 2.15. The highest BCUT2D eigenvalue weighted by atomic mass is 35.5. The largest absolute Gasteiger partial charge is 0.349 e. The lowest BCUT2D eigenvalue weighted by Crippen LogP contribution is -2.40. The number of rotatable bonds is 4. The van der Waals surface area contributed by atoms with Crippen LogP contribution < -0.4 is 5.32 Å². The van der Waals surface area contributed by atoms with Crippen LogP contribution >= 0.6 is 23.4 Å². The van der Waals surface area contributed by atoms with E-state index in [-0.39, 0.29) is 11.9 Å². The Balaban J connectivity index is 1.68. The molecule has 2 aliphatic carbocycles. The standard InChI is InChI=1S/C17H22ClNOS/c1-10(14-8-11-3-4-12(14)7-11)19-17(20)15-9-13(21-2)5-6-16(15)18/h5-6,9-12,14H,3-4,7-8H2,1-2H3,(H,19,20)/t10-,11+,12+,14+/m1/s1. The molecule has 114 valence electrons. The van der Waals surface area contributed by atoms with Crippen molar-refractivity contribution in [2.45, 2.75) is 43.5 Å². The molecule has 0 heterocycles. The second-order valence-electron chi connectivity index (χ2n) is 6.45. The van der Waals surface area contributed by atoms with E-state index < -0.39 is 0 Å². The van der Waals surface area contributed by atoms with E-state index in [0.29, 0.717) is 16.5 Å². The van der Waals surface area contributed by atoms with E-state index in [1.54, 1.807) is 11.8 Å². The van der Waals surface area contributed by atoms with Gasteiger partial charge in [-0.15, -0.1) is 11.8 Å². The van der Waals surface area contributed by atoms with E-state index in [2.05, 4.69) is 12.2 Å². The Morgan fingerprint density at radius 2 is 2.19 bits per heavy atom. The molecule has 2 aliphatic rings. The van der Waals surface area contributed by atoms with E-state index in [1.807, 2.05) is 24.5 Å². The topological polar surface area (TPSA) is 29.1 Å². The van der Waals surface area contributed by atoms with Crippen LogP contribution in [0, 0.1) is 17.8 Å². The molecule has 4 atom stereocenters. The first-order valence-corrected chi connectivity index (χ1v) is 9.33. The van der Waals surface area contributed by atoms with E-state index in [9.17, 15) is 4.79 Å². The summed E-state index contributed by atoms with van der Waals surface area (Å²) in [6, 6.07) is 5.88. The number of fused-ring (bicyclic) bond motifs is 2. The molecule has 3 rings (SSSR count). The summed E-state index contributed by atoms with van der Waals surface area (Å²) >= 11 is 7.81. The Bertz CT molecular complexity index is 548. The lowest BCUT2D eigenvalue weighted by Gasteiger charge is -2.28. The molecule has 2 nitrogen and oxygen atoms in total. The van der Waals surface area contributed by atoms with Crippen LogP contribution in [0.25, 0.3) is 0 Å². The monoisotopic (exact) mass is 323 g/mol. The third-order valence-corrected chi connectivity index (χ3v) is 6.27. The maximum atomic E-state index is 12.5. The van der Waals surface area contributed by atoms with E-state index in [1.165, 1.54) is 25.7 Å². The number of amides is 1. The van der Waals surface area contributed by atoms with Gasteiger partial charge in [0.15, 0.2) is 0 Å². The molecule has 1 N–H and O–H groups in total. The Hall–Kier alpha value is -0.670. The van der Waals surface area contributed by atoms with Crippen LogP contribution in [-0.2, 0) is 0 Å². The Morgan fingerprint density at radius 1 is 1.38 bits per heavy atom. The predicted molar refractivity (Wildman–Crippen MR) is 89.1 cm³/mol. The summed E-state index contributed by atoms with van der Waals surface area (Å²) in [6.07, 6.45) is 7.39. The Kier molecular flexibility index (Phi) is 4.51. The number of halogens is 1. The number of nitrogens with one attached hydrogen (secondary N) is 1. The fourth-order valence-corrected chi connectivity index (χ4v) is 4.75. The van der Waals surface area contributed by atoms with Crippen LogP contribution in [0.3, 0.4) is 0 Å². The molecule has 1 aromatic carbocycles. The van der Waals surface area contributed by atoms with Gasteiger partial charge < -0.3 is 5.32 Å². The van der Waals surface area contributed by atoms with Crippen LogP contribution in [-0.4, -0.2) is 18.2 Å². The van der Waals surface area contributed by atoms with Gasteiger partial charge >= 0.3 is 0 Å². The average Bonchev–Trinajstić information content (AvgIpc) is 3.10. The summed E-state index contributed by atoms with van der Waals surface area (Å²) in [5, 5.41) is 3.72. The quantitative estimate of drug-likeness (QED) is 0.819. The minimum absolute atomic E-state index is 0.0360. The first-order chi connectivity index (χ1) is 10.1. The van der Waals surface area contributed by atoms with Crippen LogP contribution in [0.1, 0.15) is 43.0 Å². The molecular weight excluding hydrogens is 302 g/mol. The lowest BCUT2D eigenvalue weighted by atomic mass is 9.84. The smallest absolute Gasteiger partial charge is 0.253 e. The maximum absolute atomic E-state index is 12.5. The molecule has 4 heteroatoms. The zero-order valence-electron chi connectivity index (χ0n) is 12.6. The summed E-state index contributed by atoms with van der Waals surface area (Å²) in [5.41, 5.74) is 0.596. The zero-order chi connectivity index (χ0) is 15.0. The SMILES string of the molecule is CSc1ccc(Cl)c(C(=O)N[C@H](C)[C@@H]2C[C@H]3CC[C@H]2C3)c1. The molecule has 2 saturated carbocycles. The molecule has 0 saturated heterocycles. The molecule has 0 aliphatic heterocycles. The molecular formula is C17H22ClNOS. The number of carbonyl (C=O) groups excluding carboxylic acids is 1. The van der Waals surface area contributed by atoms with Crippen LogP contribution in [0.15, 0.2) is 23.1 Å². The molecule has 21 heavy (non-hydrogen) atoms. The normalized spacial score (nSPS) is 28.6. The van der Waals surface area contributed by atoms with Gasteiger partial charge in [0.2, 0.25) is 0 Å². The van der Waals surface area contributed by atoms with Crippen molar-refractivity contribution < 1.29 is 4.79 Å².